The van der Waals surface area contributed by atoms with Crippen LogP contribution in [-0.2, 0) is 4.79 Å². The van der Waals surface area contributed by atoms with Gasteiger partial charge in [-0.2, -0.15) is 0 Å². The fourth-order valence-electron chi connectivity index (χ4n) is 1.18. The SMILES string of the molecule is C#Cc1ccccc1/C=C(/C(C)=O)[N+](=O)[O-]. The van der Waals surface area contributed by atoms with Crippen molar-refractivity contribution >= 4 is 11.9 Å². The Kier molecular flexibility index (Phi) is 3.57. The van der Waals surface area contributed by atoms with Gasteiger partial charge in [0.15, 0.2) is 0 Å². The van der Waals surface area contributed by atoms with Crippen LogP contribution in [0.25, 0.3) is 6.08 Å². The van der Waals surface area contributed by atoms with Gasteiger partial charge in [0.1, 0.15) is 0 Å². The predicted molar refractivity (Wildman–Crippen MR) is 60.0 cm³/mol. The molecule has 0 aromatic heterocycles. The lowest BCUT2D eigenvalue weighted by molar-refractivity contribution is -0.417. The molecule has 0 atom stereocenters. The van der Waals surface area contributed by atoms with E-state index in [-0.39, 0.29) is 0 Å². The quantitative estimate of drug-likeness (QED) is 0.334. The monoisotopic (exact) mass is 215 g/mol. The molecule has 0 N–H and O–H groups in total. The molecule has 0 aliphatic rings. The Bertz CT molecular complexity index is 493. The maximum Gasteiger partial charge on any atom is 0.312 e. The van der Waals surface area contributed by atoms with Crippen molar-refractivity contribution in [2.45, 2.75) is 6.92 Å². The van der Waals surface area contributed by atoms with Crippen LogP contribution in [0.2, 0.25) is 0 Å². The van der Waals surface area contributed by atoms with Crippen LogP contribution in [0.15, 0.2) is 30.0 Å². The summed E-state index contributed by atoms with van der Waals surface area (Å²) >= 11 is 0. The van der Waals surface area contributed by atoms with Crippen molar-refractivity contribution in [3.63, 3.8) is 0 Å². The summed E-state index contributed by atoms with van der Waals surface area (Å²) in [4.78, 5) is 20.9. The number of rotatable bonds is 3. The summed E-state index contributed by atoms with van der Waals surface area (Å²) in [5.41, 5.74) is 0.540. The topological polar surface area (TPSA) is 60.2 Å². The number of nitro groups is 1. The van der Waals surface area contributed by atoms with Crippen molar-refractivity contribution in [2.24, 2.45) is 0 Å². The van der Waals surface area contributed by atoms with Gasteiger partial charge in [0.2, 0.25) is 5.78 Å². The van der Waals surface area contributed by atoms with E-state index in [2.05, 4.69) is 5.92 Å². The van der Waals surface area contributed by atoms with Crippen molar-refractivity contribution < 1.29 is 9.72 Å². The normalized spacial score (nSPS) is 10.6. The summed E-state index contributed by atoms with van der Waals surface area (Å²) in [6.45, 7) is 1.15. The average molecular weight is 215 g/mol. The second kappa shape index (κ2) is 4.89. The average Bonchev–Trinajstić information content (AvgIpc) is 2.25. The molecule has 0 saturated heterocycles. The second-order valence-electron chi connectivity index (χ2n) is 3.07. The molecule has 0 heterocycles. The molecule has 0 amide bonds. The summed E-state index contributed by atoms with van der Waals surface area (Å²) < 4.78 is 0. The van der Waals surface area contributed by atoms with Gasteiger partial charge in [0, 0.05) is 18.6 Å². The molecule has 16 heavy (non-hydrogen) atoms. The fourth-order valence-corrected chi connectivity index (χ4v) is 1.18. The van der Waals surface area contributed by atoms with Crippen molar-refractivity contribution in [2.75, 3.05) is 0 Å². The lowest BCUT2D eigenvalue weighted by Crippen LogP contribution is -2.07. The van der Waals surface area contributed by atoms with Gasteiger partial charge in [0.05, 0.1) is 4.92 Å². The number of carbonyl (C=O) groups is 1. The maximum absolute atomic E-state index is 11.0. The van der Waals surface area contributed by atoms with Gasteiger partial charge in [-0.1, -0.05) is 24.1 Å². The van der Waals surface area contributed by atoms with E-state index in [0.717, 1.165) is 6.92 Å². The van der Waals surface area contributed by atoms with E-state index >= 15 is 0 Å². The Balaban J connectivity index is 3.30. The first kappa shape index (κ1) is 11.7. The number of Topliss-reactive ketones (excluding diaryl/α,β-unsaturated/α-hetero) is 1. The van der Waals surface area contributed by atoms with Crippen molar-refractivity contribution in [3.8, 4) is 12.3 Å². The van der Waals surface area contributed by atoms with Crippen LogP contribution in [-0.4, -0.2) is 10.7 Å². The smallest absolute Gasteiger partial charge is 0.288 e. The highest BCUT2D eigenvalue weighted by Crippen LogP contribution is 2.13. The van der Waals surface area contributed by atoms with Gasteiger partial charge in [-0.3, -0.25) is 14.9 Å². The van der Waals surface area contributed by atoms with Gasteiger partial charge >= 0.3 is 5.70 Å². The first-order chi connectivity index (χ1) is 7.56. The molecule has 0 aliphatic carbocycles. The van der Waals surface area contributed by atoms with E-state index < -0.39 is 16.4 Å². The molecular weight excluding hydrogens is 206 g/mol. The van der Waals surface area contributed by atoms with Gasteiger partial charge < -0.3 is 0 Å². The molecule has 0 unspecified atom stereocenters. The van der Waals surface area contributed by atoms with E-state index in [1.807, 2.05) is 0 Å². The van der Waals surface area contributed by atoms with Crippen molar-refractivity contribution in [1.82, 2.24) is 0 Å². The van der Waals surface area contributed by atoms with Crippen LogP contribution in [0.4, 0.5) is 0 Å². The number of benzene rings is 1. The predicted octanol–water partition coefficient (Wildman–Crippen LogP) is 1.87. The molecule has 80 valence electrons. The highest BCUT2D eigenvalue weighted by molar-refractivity contribution is 5.95. The molecular formula is C12H9NO3. The molecule has 0 aliphatic heterocycles. The molecule has 1 rings (SSSR count). The first-order valence-electron chi connectivity index (χ1n) is 4.49. The standard InChI is InChI=1S/C12H9NO3/c1-3-10-6-4-5-7-11(10)8-12(9(2)14)13(15)16/h1,4-8H,2H3/b12-8-. The Hall–Kier alpha value is -2.41. The van der Waals surface area contributed by atoms with Crippen LogP contribution in [0.1, 0.15) is 18.1 Å². The zero-order valence-corrected chi connectivity index (χ0v) is 8.64. The Labute approximate surface area is 92.7 Å². The third-order valence-electron chi connectivity index (χ3n) is 1.97. The largest absolute Gasteiger partial charge is 0.312 e. The molecule has 1 aromatic rings. The number of hydrogen-bond donors (Lipinski definition) is 0. The van der Waals surface area contributed by atoms with Crippen molar-refractivity contribution in [1.29, 1.82) is 0 Å². The van der Waals surface area contributed by atoms with Gasteiger partial charge in [-0.25, -0.2) is 0 Å². The molecule has 4 nitrogen and oxygen atoms in total. The van der Waals surface area contributed by atoms with E-state index in [1.54, 1.807) is 24.3 Å². The minimum absolute atomic E-state index is 0.470. The van der Waals surface area contributed by atoms with E-state index in [9.17, 15) is 14.9 Å². The minimum atomic E-state index is -0.713. The van der Waals surface area contributed by atoms with Crippen LogP contribution >= 0.6 is 0 Å². The molecule has 0 spiro atoms. The third kappa shape index (κ3) is 2.55. The van der Waals surface area contributed by atoms with Crippen molar-refractivity contribution in [3.05, 3.63) is 51.2 Å². The number of carbonyl (C=O) groups excluding carboxylic acids is 1. The summed E-state index contributed by atoms with van der Waals surface area (Å²) in [5.74, 6) is 1.80. The zero-order valence-electron chi connectivity index (χ0n) is 8.64. The number of allylic oxidation sites excluding steroid dienone is 1. The van der Waals surface area contributed by atoms with Gasteiger partial charge in [0.25, 0.3) is 0 Å². The summed E-state index contributed by atoms with van der Waals surface area (Å²) in [6.07, 6.45) is 6.44. The van der Waals surface area contributed by atoms with Crippen LogP contribution < -0.4 is 0 Å². The third-order valence-corrected chi connectivity index (χ3v) is 1.97. The molecule has 4 heteroatoms. The number of terminal acetylenes is 1. The van der Waals surface area contributed by atoms with E-state index in [0.29, 0.717) is 11.1 Å². The molecule has 0 saturated carbocycles. The molecule has 1 aromatic carbocycles. The fraction of sp³-hybridized carbons (Fsp3) is 0.0833. The number of ketones is 1. The minimum Gasteiger partial charge on any atom is -0.288 e. The van der Waals surface area contributed by atoms with E-state index in [4.69, 9.17) is 6.42 Å². The van der Waals surface area contributed by atoms with E-state index in [1.165, 1.54) is 6.08 Å². The Morgan fingerprint density at radius 1 is 1.50 bits per heavy atom. The summed E-state index contributed by atoms with van der Waals surface area (Å²) in [5, 5.41) is 10.6. The zero-order chi connectivity index (χ0) is 12.1. The first-order valence-corrected chi connectivity index (χ1v) is 4.49. The summed E-state index contributed by atoms with van der Waals surface area (Å²) in [7, 11) is 0. The molecule has 0 radical (unpaired) electrons. The van der Waals surface area contributed by atoms with Crippen LogP contribution in [0, 0.1) is 22.5 Å². The molecule has 0 bridgehead atoms. The lowest BCUT2D eigenvalue weighted by Gasteiger charge is -1.98. The Morgan fingerprint density at radius 3 is 2.62 bits per heavy atom. The van der Waals surface area contributed by atoms with Crippen LogP contribution in [0.3, 0.4) is 0 Å². The summed E-state index contributed by atoms with van der Waals surface area (Å²) in [6, 6.07) is 6.71. The lowest BCUT2D eigenvalue weighted by atomic mass is 10.1. The van der Waals surface area contributed by atoms with Gasteiger partial charge in [-0.05, 0) is 11.6 Å². The highest BCUT2D eigenvalue weighted by atomic mass is 16.6. The second-order valence-corrected chi connectivity index (χ2v) is 3.07. The number of nitrogens with zero attached hydrogens (tertiary/aromatic N) is 1. The highest BCUT2D eigenvalue weighted by Gasteiger charge is 2.17. The maximum atomic E-state index is 11.0. The van der Waals surface area contributed by atoms with Gasteiger partial charge in [-0.15, -0.1) is 6.42 Å². The Morgan fingerprint density at radius 2 is 2.12 bits per heavy atom. The number of hydrogen-bond acceptors (Lipinski definition) is 3. The molecule has 0 fully saturated rings. The van der Waals surface area contributed by atoms with Crippen LogP contribution in [0.5, 0.6) is 0 Å².